The van der Waals surface area contributed by atoms with E-state index in [9.17, 15) is 0 Å². The molecule has 0 unspecified atom stereocenters. The molecule has 0 aromatic rings. The summed E-state index contributed by atoms with van der Waals surface area (Å²) < 4.78 is 29.0. The van der Waals surface area contributed by atoms with Crippen molar-refractivity contribution in [2.75, 3.05) is 0 Å². The Hall–Kier alpha value is 0.940. The van der Waals surface area contributed by atoms with Crippen molar-refractivity contribution in [1.29, 1.82) is 0 Å². The molecule has 33 heavy (non-hydrogen) atoms. The van der Waals surface area contributed by atoms with Crippen molar-refractivity contribution in [3.63, 3.8) is 0 Å². The van der Waals surface area contributed by atoms with E-state index in [0.717, 1.165) is 38.5 Å². The molecule has 0 radical (unpaired) electrons. The van der Waals surface area contributed by atoms with Gasteiger partial charge in [-0.25, -0.2) is 0 Å². The van der Waals surface area contributed by atoms with Gasteiger partial charge >= 0.3 is 214 Å². The molecule has 194 valence electrons. The molecule has 0 heterocycles. The second kappa shape index (κ2) is 15.3. The van der Waals surface area contributed by atoms with Crippen LogP contribution in [0.25, 0.3) is 0 Å². The number of hydrogen-bond acceptors (Lipinski definition) is 4. The van der Waals surface area contributed by atoms with Crippen LogP contribution in [0.2, 0.25) is 18.1 Å². The van der Waals surface area contributed by atoms with Gasteiger partial charge in [-0.3, -0.25) is 0 Å². The Kier molecular flexibility index (Phi) is 13.2. The van der Waals surface area contributed by atoms with Crippen molar-refractivity contribution in [3.8, 4) is 0 Å². The molecule has 0 saturated heterocycles. The van der Waals surface area contributed by atoms with E-state index in [4.69, 9.17) is 10.9 Å². The summed E-state index contributed by atoms with van der Waals surface area (Å²) in [5.41, 5.74) is 0. The van der Waals surface area contributed by atoms with Crippen molar-refractivity contribution < 1.29 is 33.0 Å². The van der Waals surface area contributed by atoms with Gasteiger partial charge in [-0.05, 0) is 0 Å². The molecule has 6 heteroatoms. The van der Waals surface area contributed by atoms with Crippen LogP contribution in [0.3, 0.4) is 0 Å². The Morgan fingerprint density at radius 3 is 1.09 bits per heavy atom. The van der Waals surface area contributed by atoms with Crippen LogP contribution in [0.15, 0.2) is 0 Å². The molecule has 3 saturated carbocycles. The van der Waals surface area contributed by atoms with Crippen molar-refractivity contribution in [2.24, 2.45) is 0 Å². The maximum absolute atomic E-state index is 7.54. The average Bonchev–Trinajstić information content (AvgIpc) is 2.81. The van der Waals surface area contributed by atoms with Crippen LogP contribution in [0, 0.1) is 0 Å². The zero-order valence-electron chi connectivity index (χ0n) is 22.2. The van der Waals surface area contributed by atoms with E-state index < -0.39 is 30.3 Å². The third-order valence-corrected chi connectivity index (χ3v) is 22.6. The van der Waals surface area contributed by atoms with Crippen LogP contribution in [0.5, 0.6) is 0 Å². The van der Waals surface area contributed by atoms with E-state index in [2.05, 4.69) is 20.8 Å². The van der Waals surface area contributed by atoms with E-state index in [-0.39, 0.29) is 0 Å². The van der Waals surface area contributed by atoms with E-state index in [1.165, 1.54) is 95.2 Å². The summed E-state index contributed by atoms with van der Waals surface area (Å²) in [7, 11) is -1.97. The van der Waals surface area contributed by atoms with Crippen LogP contribution in [-0.4, -0.2) is 26.6 Å². The molecule has 0 aliphatic heterocycles. The number of rotatable bonds is 14. The first-order valence-corrected chi connectivity index (χ1v) is 21.4. The predicted octanol–water partition coefficient (Wildman–Crippen LogP) is 9.04. The van der Waals surface area contributed by atoms with Crippen LogP contribution in [-0.2, 0) is 33.0 Å². The van der Waals surface area contributed by atoms with Gasteiger partial charge in [0.15, 0.2) is 0 Å². The summed E-state index contributed by atoms with van der Waals surface area (Å²) in [6.45, 7) is 7.00. The van der Waals surface area contributed by atoms with Crippen LogP contribution < -0.4 is 0 Å². The van der Waals surface area contributed by atoms with E-state index in [1.54, 1.807) is 0 Å². The first kappa shape index (κ1) is 28.5. The molecule has 0 N–H and O–H groups in total. The summed E-state index contributed by atoms with van der Waals surface area (Å²) in [6, 6.07) is 3.68. The van der Waals surface area contributed by atoms with Gasteiger partial charge in [0.05, 0.1) is 0 Å². The minimum absolute atomic E-state index is 0.290. The second-order valence-corrected chi connectivity index (χ2v) is 20.9. The zero-order valence-corrected chi connectivity index (χ0v) is 25.7. The standard InChI is InChI=1S/C9H21OSi.3C6H11O.Zr/c1-4-7-11(10,8-5-2)9-6-3;3*7-6-4-2-1-3-5-6;/h4-9H2,1-3H3;3*6H,1-5H2;/q4*-1;+4. The monoisotopic (exact) mass is 560 g/mol. The van der Waals surface area contributed by atoms with Gasteiger partial charge < -0.3 is 0 Å². The summed E-state index contributed by atoms with van der Waals surface area (Å²) in [5.74, 6) is 0. The second-order valence-electron chi connectivity index (χ2n) is 11.2. The molecule has 0 amide bonds. The molecule has 4 nitrogen and oxygen atoms in total. The van der Waals surface area contributed by atoms with Gasteiger partial charge in [-0.2, -0.15) is 0 Å². The summed E-state index contributed by atoms with van der Waals surface area (Å²) in [4.78, 5) is 0. The SMILES string of the molecule is CCC[Si](CCC)(CCC)[O][Zr]([O]C1CCCCC1)([O]C1CCCCC1)[O]C1CCCCC1. The first-order chi connectivity index (χ1) is 16.1. The van der Waals surface area contributed by atoms with E-state index in [0.29, 0.717) is 18.3 Å². The third kappa shape index (κ3) is 9.39. The summed E-state index contributed by atoms with van der Waals surface area (Å²) in [6.07, 6.45) is 23.1. The Labute approximate surface area is 213 Å². The van der Waals surface area contributed by atoms with Crippen molar-refractivity contribution >= 4 is 8.32 Å². The van der Waals surface area contributed by atoms with Crippen molar-refractivity contribution in [2.45, 2.75) is 173 Å². The first-order valence-electron chi connectivity index (χ1n) is 14.9. The topological polar surface area (TPSA) is 36.9 Å². The Morgan fingerprint density at radius 2 is 0.818 bits per heavy atom. The van der Waals surface area contributed by atoms with E-state index in [1.807, 2.05) is 0 Å². The zero-order chi connectivity index (χ0) is 23.4. The molecule has 3 aliphatic rings. The van der Waals surface area contributed by atoms with Gasteiger partial charge in [0.1, 0.15) is 0 Å². The van der Waals surface area contributed by atoms with Gasteiger partial charge in [0.2, 0.25) is 0 Å². The molecule has 3 rings (SSSR count). The van der Waals surface area contributed by atoms with Crippen LogP contribution >= 0.6 is 0 Å². The quantitative estimate of drug-likeness (QED) is 0.198. The van der Waals surface area contributed by atoms with Gasteiger partial charge in [0, 0.05) is 0 Å². The Morgan fingerprint density at radius 1 is 0.515 bits per heavy atom. The fourth-order valence-corrected chi connectivity index (χ4v) is 23.3. The molecular formula is C27H54O4SiZr. The number of hydrogen-bond donors (Lipinski definition) is 0. The Balaban J connectivity index is 1.91. The molecule has 3 aliphatic carbocycles. The molecule has 0 atom stereocenters. The fourth-order valence-electron chi connectivity index (χ4n) is 6.48. The van der Waals surface area contributed by atoms with Crippen LogP contribution in [0.1, 0.15) is 136 Å². The molecule has 0 spiro atoms. The van der Waals surface area contributed by atoms with Gasteiger partial charge in [-0.15, -0.1) is 0 Å². The van der Waals surface area contributed by atoms with Gasteiger partial charge in [0.25, 0.3) is 0 Å². The minimum atomic E-state index is -4.25. The fraction of sp³-hybridized carbons (Fsp3) is 1.00. The van der Waals surface area contributed by atoms with Crippen molar-refractivity contribution in [3.05, 3.63) is 0 Å². The van der Waals surface area contributed by atoms with Crippen molar-refractivity contribution in [1.82, 2.24) is 0 Å². The van der Waals surface area contributed by atoms with Crippen LogP contribution in [0.4, 0.5) is 0 Å². The van der Waals surface area contributed by atoms with Gasteiger partial charge in [-0.1, -0.05) is 0 Å². The molecule has 0 bridgehead atoms. The predicted molar refractivity (Wildman–Crippen MR) is 136 cm³/mol. The normalized spacial score (nSPS) is 22.6. The molecule has 0 aromatic heterocycles. The maximum atomic E-state index is 7.54. The molecular weight excluding hydrogens is 508 g/mol. The summed E-state index contributed by atoms with van der Waals surface area (Å²) >= 11 is -4.25. The molecule has 0 aromatic carbocycles. The average molecular weight is 562 g/mol. The molecule has 3 fully saturated rings. The van der Waals surface area contributed by atoms with E-state index >= 15 is 0 Å². The third-order valence-electron chi connectivity index (χ3n) is 8.05. The summed E-state index contributed by atoms with van der Waals surface area (Å²) in [5, 5.41) is 0. The Bertz CT molecular complexity index is 449.